The molecule has 2 aromatic carbocycles. The Hall–Kier alpha value is -2.98. The Morgan fingerprint density at radius 3 is 2.68 bits per heavy atom. The van der Waals surface area contributed by atoms with Crippen LogP contribution in [-0.2, 0) is 6.42 Å². The lowest BCUT2D eigenvalue weighted by Gasteiger charge is -2.24. The van der Waals surface area contributed by atoms with Crippen molar-refractivity contribution < 1.29 is 4.79 Å². The molecule has 2 aromatic heterocycles. The van der Waals surface area contributed by atoms with Crippen molar-refractivity contribution in [3.05, 3.63) is 88.3 Å². The van der Waals surface area contributed by atoms with Crippen LogP contribution >= 0.6 is 11.6 Å². The van der Waals surface area contributed by atoms with E-state index in [0.717, 1.165) is 40.1 Å². The largest absolute Gasteiger partial charge is 0.294 e. The van der Waals surface area contributed by atoms with E-state index in [1.807, 2.05) is 53.9 Å². The van der Waals surface area contributed by atoms with E-state index in [4.69, 9.17) is 16.7 Å². The van der Waals surface area contributed by atoms with E-state index in [2.05, 4.69) is 17.1 Å². The van der Waals surface area contributed by atoms with Crippen LogP contribution in [-0.4, -0.2) is 20.4 Å². The fourth-order valence-electron chi connectivity index (χ4n) is 4.14. The summed E-state index contributed by atoms with van der Waals surface area (Å²) in [5, 5.41) is 5.45. The second-order valence-corrected chi connectivity index (χ2v) is 7.70. The minimum atomic E-state index is 0.0916. The van der Waals surface area contributed by atoms with Gasteiger partial charge in [0.05, 0.1) is 17.0 Å². The number of aromatic nitrogens is 3. The predicted molar refractivity (Wildman–Crippen MR) is 110 cm³/mol. The Balaban J connectivity index is 1.67. The molecule has 0 aliphatic heterocycles. The van der Waals surface area contributed by atoms with Gasteiger partial charge in [-0.1, -0.05) is 54.1 Å². The summed E-state index contributed by atoms with van der Waals surface area (Å²) in [7, 11) is 0. The van der Waals surface area contributed by atoms with Gasteiger partial charge in [-0.05, 0) is 42.5 Å². The van der Waals surface area contributed by atoms with Gasteiger partial charge in [0.15, 0.2) is 11.4 Å². The number of hydrogen-bond acceptors (Lipinski definition) is 3. The third-order valence-corrected chi connectivity index (χ3v) is 5.71. The lowest BCUT2D eigenvalue weighted by atomic mass is 9.82. The monoisotopic (exact) mass is 387 g/mol. The van der Waals surface area contributed by atoms with Crippen molar-refractivity contribution in [3.63, 3.8) is 0 Å². The van der Waals surface area contributed by atoms with Crippen LogP contribution in [0, 0.1) is 6.92 Å². The molecule has 0 N–H and O–H groups in total. The van der Waals surface area contributed by atoms with Crippen molar-refractivity contribution in [2.45, 2.75) is 25.7 Å². The number of Topliss-reactive ketones (excluding diaryl/α,β-unsaturated/α-hetero) is 1. The van der Waals surface area contributed by atoms with Gasteiger partial charge in [0, 0.05) is 23.2 Å². The third-order valence-electron chi connectivity index (χ3n) is 5.47. The minimum absolute atomic E-state index is 0.0916. The van der Waals surface area contributed by atoms with Gasteiger partial charge >= 0.3 is 0 Å². The normalized spacial score (nSPS) is 16.4. The average Bonchev–Trinajstić information content (AvgIpc) is 3.05. The zero-order chi connectivity index (χ0) is 19.3. The number of hydrogen-bond donors (Lipinski definition) is 0. The lowest BCUT2D eigenvalue weighted by molar-refractivity contribution is 0.0962. The fourth-order valence-corrected chi connectivity index (χ4v) is 4.34. The molecular formula is C23H18ClN3O. The molecule has 1 aliphatic carbocycles. The van der Waals surface area contributed by atoms with Crippen molar-refractivity contribution in [1.82, 2.24) is 14.6 Å². The highest BCUT2D eigenvalue weighted by molar-refractivity contribution is 6.30. The summed E-state index contributed by atoms with van der Waals surface area (Å²) in [4.78, 5) is 17.5. The fraction of sp³-hybridized carbons (Fsp3) is 0.174. The van der Waals surface area contributed by atoms with Crippen LogP contribution in [0.25, 0.3) is 16.8 Å². The summed E-state index contributed by atoms with van der Waals surface area (Å²) < 4.78 is 1.86. The molecule has 0 spiro atoms. The molecule has 0 saturated carbocycles. The minimum Gasteiger partial charge on any atom is -0.294 e. The Kier molecular flexibility index (Phi) is 4.02. The first kappa shape index (κ1) is 17.1. The van der Waals surface area contributed by atoms with Crippen LogP contribution < -0.4 is 0 Å². The van der Waals surface area contributed by atoms with Gasteiger partial charge < -0.3 is 0 Å². The summed E-state index contributed by atoms with van der Waals surface area (Å²) >= 11 is 6.18. The number of aryl methyl sites for hydroxylation is 1. The van der Waals surface area contributed by atoms with Crippen molar-refractivity contribution in [3.8, 4) is 11.1 Å². The first-order valence-corrected chi connectivity index (χ1v) is 9.71. The summed E-state index contributed by atoms with van der Waals surface area (Å²) in [6.45, 7) is 1.99. The first-order valence-electron chi connectivity index (χ1n) is 9.33. The molecule has 4 nitrogen and oxygen atoms in total. The summed E-state index contributed by atoms with van der Waals surface area (Å²) in [6, 6.07) is 17.9. The summed E-state index contributed by atoms with van der Waals surface area (Å²) in [5.41, 5.74) is 6.48. The van der Waals surface area contributed by atoms with E-state index in [0.29, 0.717) is 17.0 Å². The van der Waals surface area contributed by atoms with Crippen LogP contribution in [0.15, 0.2) is 60.8 Å². The van der Waals surface area contributed by atoms with Crippen LogP contribution in [0.1, 0.15) is 39.6 Å². The number of ketones is 1. The molecule has 1 atom stereocenters. The van der Waals surface area contributed by atoms with Gasteiger partial charge in [0.25, 0.3) is 0 Å². The molecule has 0 amide bonds. The van der Waals surface area contributed by atoms with Crippen molar-refractivity contribution in [1.29, 1.82) is 0 Å². The van der Waals surface area contributed by atoms with E-state index in [1.54, 1.807) is 6.20 Å². The van der Waals surface area contributed by atoms with E-state index in [-0.39, 0.29) is 11.7 Å². The van der Waals surface area contributed by atoms with Gasteiger partial charge in [0.1, 0.15) is 0 Å². The molecule has 28 heavy (non-hydrogen) atoms. The third kappa shape index (κ3) is 2.72. The number of halogens is 1. The zero-order valence-corrected chi connectivity index (χ0v) is 16.1. The highest BCUT2D eigenvalue weighted by Crippen LogP contribution is 2.35. The number of fused-ring (bicyclic) bond motifs is 3. The molecule has 0 saturated heterocycles. The summed E-state index contributed by atoms with van der Waals surface area (Å²) in [6.07, 6.45) is 2.91. The maximum Gasteiger partial charge on any atom is 0.166 e. The molecule has 0 bridgehead atoms. The smallest absolute Gasteiger partial charge is 0.166 e. The van der Waals surface area contributed by atoms with E-state index >= 15 is 0 Å². The van der Waals surface area contributed by atoms with Gasteiger partial charge in [0.2, 0.25) is 0 Å². The molecular weight excluding hydrogens is 370 g/mol. The topological polar surface area (TPSA) is 47.3 Å². The maximum absolute atomic E-state index is 12.8. The Bertz CT molecular complexity index is 1210. The van der Waals surface area contributed by atoms with E-state index < -0.39 is 0 Å². The van der Waals surface area contributed by atoms with Crippen LogP contribution in [0.3, 0.4) is 0 Å². The zero-order valence-electron chi connectivity index (χ0n) is 15.4. The maximum atomic E-state index is 12.8. The van der Waals surface area contributed by atoms with Crippen molar-refractivity contribution in [2.75, 3.05) is 0 Å². The van der Waals surface area contributed by atoms with Gasteiger partial charge in [-0.2, -0.15) is 5.10 Å². The molecule has 5 rings (SSSR count). The molecule has 0 radical (unpaired) electrons. The molecule has 2 heterocycles. The standard InChI is InChI=1S/C23H18ClN3O/c1-14-22(15-6-3-2-4-7-15)23-25-13-19-20(27(23)26-14)11-17(12-21(19)28)16-8-5-9-18(24)10-16/h2-10,13,17H,11-12H2,1H3. The second kappa shape index (κ2) is 6.57. The molecule has 0 fully saturated rings. The highest BCUT2D eigenvalue weighted by Gasteiger charge is 2.30. The molecule has 5 heteroatoms. The number of nitrogens with zero attached hydrogens (tertiary/aromatic N) is 3. The van der Waals surface area contributed by atoms with Gasteiger partial charge in [-0.25, -0.2) is 9.50 Å². The number of carbonyl (C=O) groups excluding carboxylic acids is 1. The van der Waals surface area contributed by atoms with Gasteiger partial charge in [-0.15, -0.1) is 0 Å². The molecule has 1 unspecified atom stereocenters. The predicted octanol–water partition coefficient (Wildman–Crippen LogP) is 5.27. The van der Waals surface area contributed by atoms with E-state index in [1.165, 1.54) is 0 Å². The SMILES string of the molecule is Cc1nn2c3c(cnc2c1-c1ccccc1)C(=O)CC(c1cccc(Cl)c1)C3. The van der Waals surface area contributed by atoms with Crippen molar-refractivity contribution >= 4 is 23.0 Å². The second-order valence-electron chi connectivity index (χ2n) is 7.26. The van der Waals surface area contributed by atoms with Gasteiger partial charge in [-0.3, -0.25) is 4.79 Å². The average molecular weight is 388 g/mol. The Morgan fingerprint density at radius 1 is 1.07 bits per heavy atom. The van der Waals surface area contributed by atoms with Crippen molar-refractivity contribution in [2.24, 2.45) is 0 Å². The number of benzene rings is 2. The van der Waals surface area contributed by atoms with Crippen LogP contribution in [0.5, 0.6) is 0 Å². The number of rotatable bonds is 2. The molecule has 138 valence electrons. The highest BCUT2D eigenvalue weighted by atomic mass is 35.5. The lowest BCUT2D eigenvalue weighted by Crippen LogP contribution is -2.22. The quantitative estimate of drug-likeness (QED) is 0.470. The van der Waals surface area contributed by atoms with E-state index in [9.17, 15) is 4.79 Å². The Morgan fingerprint density at radius 2 is 1.89 bits per heavy atom. The number of carbonyl (C=O) groups is 1. The molecule has 4 aromatic rings. The Labute approximate surface area is 167 Å². The first-order chi connectivity index (χ1) is 13.6. The van der Waals surface area contributed by atoms with Crippen LogP contribution in [0.2, 0.25) is 5.02 Å². The summed E-state index contributed by atoms with van der Waals surface area (Å²) in [5.74, 6) is 0.198. The van der Waals surface area contributed by atoms with Crippen LogP contribution in [0.4, 0.5) is 0 Å². The molecule has 1 aliphatic rings.